The zero-order valence-corrected chi connectivity index (χ0v) is 18.9. The number of hydrogen-bond donors (Lipinski definition) is 5. The second-order valence-corrected chi connectivity index (χ2v) is 8.38. The largest absolute Gasteiger partial charge is 0.396 e. The van der Waals surface area contributed by atoms with Crippen molar-refractivity contribution in [3.05, 3.63) is 53.2 Å². The van der Waals surface area contributed by atoms with Crippen molar-refractivity contribution in [1.82, 2.24) is 25.3 Å². The normalized spacial score (nSPS) is 12.3. The number of aromatic amines is 1. The minimum absolute atomic E-state index is 0.0378. The SMILES string of the molecule is CN/C(C)=C\c1cccc(-c2cc(-c3nc(SCCO)n[nH]3)cc([N+](C)(O)O)c2)c1C. The van der Waals surface area contributed by atoms with E-state index in [1.54, 1.807) is 12.1 Å². The van der Waals surface area contributed by atoms with Crippen molar-refractivity contribution in [2.24, 2.45) is 0 Å². The van der Waals surface area contributed by atoms with Crippen LogP contribution < -0.4 is 10.1 Å². The minimum Gasteiger partial charge on any atom is -0.396 e. The number of rotatable bonds is 8. The van der Waals surface area contributed by atoms with Gasteiger partial charge in [0, 0.05) is 36.2 Å². The lowest BCUT2D eigenvalue weighted by atomic mass is 9.94. The van der Waals surface area contributed by atoms with Gasteiger partial charge in [0.25, 0.3) is 0 Å². The van der Waals surface area contributed by atoms with Crippen molar-refractivity contribution in [3.8, 4) is 22.5 Å². The van der Waals surface area contributed by atoms with Crippen LogP contribution in [-0.4, -0.2) is 57.2 Å². The lowest BCUT2D eigenvalue weighted by molar-refractivity contribution is -0.272. The Morgan fingerprint density at radius 1 is 1.23 bits per heavy atom. The molecule has 0 aliphatic carbocycles. The number of benzene rings is 2. The van der Waals surface area contributed by atoms with E-state index >= 15 is 0 Å². The van der Waals surface area contributed by atoms with Gasteiger partial charge in [0.1, 0.15) is 7.05 Å². The molecule has 0 atom stereocenters. The Bertz CT molecular complexity index is 1090. The summed E-state index contributed by atoms with van der Waals surface area (Å²) in [4.78, 5) is 3.16. The van der Waals surface area contributed by atoms with Crippen LogP contribution in [0, 0.1) is 6.92 Å². The maximum absolute atomic E-state index is 10.2. The van der Waals surface area contributed by atoms with Gasteiger partial charge < -0.3 is 10.4 Å². The molecule has 5 N–H and O–H groups in total. The van der Waals surface area contributed by atoms with Crippen LogP contribution in [0.5, 0.6) is 0 Å². The first kappa shape index (κ1) is 23.0. The monoisotopic (exact) mass is 442 g/mol. The van der Waals surface area contributed by atoms with E-state index in [4.69, 9.17) is 5.11 Å². The maximum Gasteiger partial charge on any atom is 0.208 e. The number of hydroxylamine groups is 2. The third-order valence-corrected chi connectivity index (χ3v) is 5.75. The Labute approximate surface area is 185 Å². The molecule has 0 amide bonds. The summed E-state index contributed by atoms with van der Waals surface area (Å²) < 4.78 is 0. The number of allylic oxidation sites excluding steroid dienone is 1. The molecule has 0 unspecified atom stereocenters. The zero-order valence-electron chi connectivity index (χ0n) is 18.0. The summed E-state index contributed by atoms with van der Waals surface area (Å²) >= 11 is 1.34. The van der Waals surface area contributed by atoms with Crippen LogP contribution in [0.4, 0.5) is 5.69 Å². The summed E-state index contributed by atoms with van der Waals surface area (Å²) in [5, 5.41) is 40.2. The minimum atomic E-state index is -1.31. The molecule has 0 saturated heterocycles. The van der Waals surface area contributed by atoms with Gasteiger partial charge in [0.2, 0.25) is 5.16 Å². The number of nitrogens with zero attached hydrogens (tertiary/aromatic N) is 3. The first-order valence-electron chi connectivity index (χ1n) is 9.83. The van der Waals surface area contributed by atoms with E-state index in [1.165, 1.54) is 18.8 Å². The van der Waals surface area contributed by atoms with E-state index in [-0.39, 0.29) is 6.61 Å². The Hall–Kier alpha value is -2.69. The Morgan fingerprint density at radius 2 is 1.97 bits per heavy atom. The van der Waals surface area contributed by atoms with E-state index in [1.807, 2.05) is 45.2 Å². The summed E-state index contributed by atoms with van der Waals surface area (Å²) in [7, 11) is 3.15. The van der Waals surface area contributed by atoms with Gasteiger partial charge >= 0.3 is 0 Å². The van der Waals surface area contributed by atoms with Crippen LogP contribution in [-0.2, 0) is 0 Å². The van der Waals surface area contributed by atoms with Crippen LogP contribution in [0.1, 0.15) is 18.1 Å². The number of quaternary nitrogens is 1. The molecule has 2 aromatic carbocycles. The lowest BCUT2D eigenvalue weighted by Crippen LogP contribution is -2.36. The van der Waals surface area contributed by atoms with Gasteiger partial charge in [0.15, 0.2) is 11.5 Å². The molecule has 164 valence electrons. The smallest absolute Gasteiger partial charge is 0.208 e. The van der Waals surface area contributed by atoms with Crippen LogP contribution in [0.15, 0.2) is 47.3 Å². The molecule has 0 saturated carbocycles. The molecule has 1 aromatic heterocycles. The second-order valence-electron chi connectivity index (χ2n) is 7.32. The summed E-state index contributed by atoms with van der Waals surface area (Å²) in [5.41, 5.74) is 5.96. The lowest BCUT2D eigenvalue weighted by Gasteiger charge is -2.18. The predicted octanol–water partition coefficient (Wildman–Crippen LogP) is 3.83. The molecule has 9 heteroatoms. The van der Waals surface area contributed by atoms with Gasteiger partial charge in [-0.05, 0) is 53.1 Å². The van der Waals surface area contributed by atoms with E-state index in [0.29, 0.717) is 28.0 Å². The number of thioether (sulfide) groups is 1. The molecule has 0 aliphatic rings. The molecule has 0 spiro atoms. The van der Waals surface area contributed by atoms with E-state index < -0.39 is 4.81 Å². The summed E-state index contributed by atoms with van der Waals surface area (Å²) in [6, 6.07) is 11.4. The van der Waals surface area contributed by atoms with E-state index in [2.05, 4.69) is 26.6 Å². The fraction of sp³-hybridized carbons (Fsp3) is 0.273. The molecule has 0 fully saturated rings. The zero-order chi connectivity index (χ0) is 22.6. The highest BCUT2D eigenvalue weighted by Gasteiger charge is 2.23. The van der Waals surface area contributed by atoms with Crippen LogP contribution in [0.3, 0.4) is 0 Å². The molecule has 8 nitrogen and oxygen atoms in total. The van der Waals surface area contributed by atoms with Gasteiger partial charge in [-0.15, -0.1) is 5.10 Å². The highest BCUT2D eigenvalue weighted by molar-refractivity contribution is 7.99. The number of hydrogen-bond acceptors (Lipinski definition) is 7. The number of nitrogens with one attached hydrogen (secondary N) is 2. The Kier molecular flexibility index (Phi) is 7.14. The quantitative estimate of drug-likeness (QED) is 0.205. The molecule has 3 aromatic rings. The number of H-pyrrole nitrogens is 1. The first-order valence-corrected chi connectivity index (χ1v) is 10.8. The molecule has 31 heavy (non-hydrogen) atoms. The van der Waals surface area contributed by atoms with Crippen molar-refractivity contribution < 1.29 is 15.5 Å². The van der Waals surface area contributed by atoms with Gasteiger partial charge in [-0.1, -0.05) is 30.0 Å². The van der Waals surface area contributed by atoms with E-state index in [0.717, 1.165) is 28.0 Å². The van der Waals surface area contributed by atoms with Gasteiger partial charge in [-0.3, -0.25) is 5.10 Å². The molecular weight excluding hydrogens is 414 g/mol. The predicted molar refractivity (Wildman–Crippen MR) is 124 cm³/mol. The van der Waals surface area contributed by atoms with Crippen molar-refractivity contribution >= 4 is 23.5 Å². The molecule has 0 aliphatic heterocycles. The number of aliphatic hydroxyl groups is 1. The van der Waals surface area contributed by atoms with Crippen LogP contribution in [0.25, 0.3) is 28.6 Å². The van der Waals surface area contributed by atoms with Crippen molar-refractivity contribution in [1.29, 1.82) is 0 Å². The average molecular weight is 443 g/mol. The summed E-state index contributed by atoms with van der Waals surface area (Å²) in [5.74, 6) is 1.01. The van der Waals surface area contributed by atoms with E-state index in [9.17, 15) is 10.4 Å². The summed E-state index contributed by atoms with van der Waals surface area (Å²) in [6.45, 7) is 4.08. The number of aromatic nitrogens is 3. The van der Waals surface area contributed by atoms with Gasteiger partial charge in [-0.2, -0.15) is 10.4 Å². The molecule has 0 bridgehead atoms. The molecule has 3 rings (SSSR count). The first-order chi connectivity index (χ1) is 14.7. The highest BCUT2D eigenvalue weighted by Crippen LogP contribution is 2.34. The molecular formula is C22H28N5O3S+. The van der Waals surface area contributed by atoms with Gasteiger partial charge in [-0.25, -0.2) is 4.98 Å². The summed E-state index contributed by atoms with van der Waals surface area (Å²) in [6.07, 6.45) is 2.07. The molecule has 1 heterocycles. The second kappa shape index (κ2) is 9.63. The number of aliphatic hydroxyl groups excluding tert-OH is 1. The highest BCUT2D eigenvalue weighted by atomic mass is 32.2. The fourth-order valence-corrected chi connectivity index (χ4v) is 3.69. The third kappa shape index (κ3) is 5.52. The Morgan fingerprint density at radius 3 is 2.65 bits per heavy atom. The fourth-order valence-electron chi connectivity index (χ4n) is 3.15. The van der Waals surface area contributed by atoms with Crippen molar-refractivity contribution in [3.63, 3.8) is 0 Å². The van der Waals surface area contributed by atoms with Crippen molar-refractivity contribution in [2.75, 3.05) is 26.5 Å². The topological polar surface area (TPSA) is 114 Å². The third-order valence-electron chi connectivity index (χ3n) is 4.92. The van der Waals surface area contributed by atoms with Crippen LogP contribution in [0.2, 0.25) is 0 Å². The Balaban J connectivity index is 2.12. The molecule has 0 radical (unpaired) electrons. The van der Waals surface area contributed by atoms with Gasteiger partial charge in [0.05, 0.1) is 6.61 Å². The van der Waals surface area contributed by atoms with Crippen molar-refractivity contribution in [2.45, 2.75) is 19.0 Å². The maximum atomic E-state index is 10.2. The van der Waals surface area contributed by atoms with Crippen LogP contribution >= 0.6 is 11.8 Å². The average Bonchev–Trinajstić information content (AvgIpc) is 3.21. The standard InChI is InChI=1S/C22H28N5O3S/c1-14(23-3)10-16-6-5-7-20(15(16)2)17-11-18(13-19(12-17)27(4,29)30)21-24-22(26-25-21)31-9-8-28/h5-7,10-13,23,28-30H,8-9H2,1-4H3,(H,24,25,26)/q+1/b14-10-.